The third-order valence-corrected chi connectivity index (χ3v) is 7.27. The summed E-state index contributed by atoms with van der Waals surface area (Å²) in [5, 5.41) is 0. The molecule has 0 N–H and O–H groups in total. The molecule has 1 atom stereocenters. The molecule has 0 saturated carbocycles. The molecule has 0 radical (unpaired) electrons. The van der Waals surface area contributed by atoms with Crippen LogP contribution >= 0.6 is 0 Å². The molecule has 40 heavy (non-hydrogen) atoms. The molecule has 1 unspecified atom stereocenters. The van der Waals surface area contributed by atoms with Gasteiger partial charge in [-0.2, -0.15) is 0 Å². The van der Waals surface area contributed by atoms with Gasteiger partial charge in [-0.3, -0.25) is 0 Å². The molecule has 3 rings (SSSR count). The maximum absolute atomic E-state index is 14.2. The molecule has 0 saturated heterocycles. The van der Waals surface area contributed by atoms with Gasteiger partial charge in [0.25, 0.3) is 0 Å². The van der Waals surface area contributed by atoms with Crippen LogP contribution in [0.5, 0.6) is 11.5 Å². The first-order valence-electron chi connectivity index (χ1n) is 15.6. The highest BCUT2D eigenvalue weighted by atomic mass is 19.1. The number of alkyl halides is 1. The Morgan fingerprint density at radius 1 is 0.575 bits per heavy atom. The Kier molecular flexibility index (Phi) is 15.1. The average molecular weight is 549 g/mol. The lowest BCUT2D eigenvalue weighted by atomic mass is 10.1. The molecule has 0 spiro atoms. The molecule has 0 aliphatic rings. The quantitative estimate of drug-likeness (QED) is 0.124. The topological polar surface area (TPSA) is 44.2 Å². The van der Waals surface area contributed by atoms with E-state index in [1.165, 1.54) is 64.2 Å². The summed E-state index contributed by atoms with van der Waals surface area (Å²) in [6, 6.07) is 15.7. The lowest BCUT2D eigenvalue weighted by Gasteiger charge is -2.11. The second kappa shape index (κ2) is 19.2. The van der Waals surface area contributed by atoms with Crippen LogP contribution in [0.2, 0.25) is 0 Å². The molecule has 5 heteroatoms. The van der Waals surface area contributed by atoms with Crippen molar-refractivity contribution >= 4 is 0 Å². The Balaban J connectivity index is 1.38. The molecule has 0 amide bonds. The van der Waals surface area contributed by atoms with Crippen molar-refractivity contribution < 1.29 is 13.9 Å². The number of ether oxygens (including phenoxy) is 2. The van der Waals surface area contributed by atoms with Crippen LogP contribution in [0, 0.1) is 0 Å². The van der Waals surface area contributed by atoms with E-state index in [2.05, 4.69) is 23.8 Å². The fourth-order valence-corrected chi connectivity index (χ4v) is 4.74. The SMILES string of the molecule is CCCCCCCCCC(F)COc1ccc(-c2cnc(-c3ccc(OCCCCCCCC)cc3)nc2)cc1. The van der Waals surface area contributed by atoms with Gasteiger partial charge in [-0.25, -0.2) is 14.4 Å². The molecule has 2 aromatic carbocycles. The molecule has 0 aliphatic carbocycles. The van der Waals surface area contributed by atoms with Crippen molar-refractivity contribution in [1.29, 1.82) is 0 Å². The smallest absolute Gasteiger partial charge is 0.159 e. The normalized spacial score (nSPS) is 11.9. The zero-order valence-corrected chi connectivity index (χ0v) is 24.8. The third-order valence-electron chi connectivity index (χ3n) is 7.27. The first kappa shape index (κ1) is 31.6. The summed E-state index contributed by atoms with van der Waals surface area (Å²) < 4.78 is 25.8. The number of aromatic nitrogens is 2. The van der Waals surface area contributed by atoms with E-state index < -0.39 is 6.17 Å². The summed E-state index contributed by atoms with van der Waals surface area (Å²) in [6.07, 6.45) is 19.3. The van der Waals surface area contributed by atoms with Gasteiger partial charge in [0.1, 0.15) is 24.3 Å². The predicted octanol–water partition coefficient (Wildman–Crippen LogP) is 10.4. The number of hydrogen-bond donors (Lipinski definition) is 0. The van der Waals surface area contributed by atoms with E-state index >= 15 is 0 Å². The maximum atomic E-state index is 14.2. The van der Waals surface area contributed by atoms with Gasteiger partial charge < -0.3 is 9.47 Å². The van der Waals surface area contributed by atoms with E-state index in [0.717, 1.165) is 48.3 Å². The first-order chi connectivity index (χ1) is 19.7. The molecular weight excluding hydrogens is 499 g/mol. The number of hydrogen-bond acceptors (Lipinski definition) is 4. The second-order valence-corrected chi connectivity index (χ2v) is 10.8. The largest absolute Gasteiger partial charge is 0.494 e. The summed E-state index contributed by atoms with van der Waals surface area (Å²) >= 11 is 0. The molecule has 3 aromatic rings. The number of rotatable bonds is 21. The van der Waals surface area contributed by atoms with Gasteiger partial charge in [-0.05, 0) is 54.8 Å². The molecule has 0 bridgehead atoms. The third kappa shape index (κ3) is 12.1. The van der Waals surface area contributed by atoms with Crippen LogP contribution in [0.3, 0.4) is 0 Å². The fraction of sp³-hybridized carbons (Fsp3) is 0.543. The van der Waals surface area contributed by atoms with E-state index in [-0.39, 0.29) is 6.61 Å². The Morgan fingerprint density at radius 3 is 1.68 bits per heavy atom. The highest BCUT2D eigenvalue weighted by Crippen LogP contribution is 2.24. The molecule has 1 aromatic heterocycles. The van der Waals surface area contributed by atoms with E-state index in [1.54, 1.807) is 0 Å². The van der Waals surface area contributed by atoms with Crippen LogP contribution in [0.25, 0.3) is 22.5 Å². The lowest BCUT2D eigenvalue weighted by molar-refractivity contribution is 0.184. The summed E-state index contributed by atoms with van der Waals surface area (Å²) in [5.74, 6) is 2.25. The molecule has 0 aliphatic heterocycles. The average Bonchev–Trinajstić information content (AvgIpc) is 3.00. The minimum Gasteiger partial charge on any atom is -0.494 e. The Morgan fingerprint density at radius 2 is 1.07 bits per heavy atom. The van der Waals surface area contributed by atoms with E-state index in [4.69, 9.17) is 9.47 Å². The summed E-state index contributed by atoms with van der Waals surface area (Å²) in [5.41, 5.74) is 2.88. The van der Waals surface area contributed by atoms with Gasteiger partial charge in [0.15, 0.2) is 5.82 Å². The van der Waals surface area contributed by atoms with Crippen LogP contribution in [-0.2, 0) is 0 Å². The highest BCUT2D eigenvalue weighted by molar-refractivity contribution is 5.64. The zero-order valence-electron chi connectivity index (χ0n) is 24.8. The van der Waals surface area contributed by atoms with Gasteiger partial charge in [0, 0.05) is 23.5 Å². The minimum atomic E-state index is -0.919. The molecule has 218 valence electrons. The van der Waals surface area contributed by atoms with Crippen molar-refractivity contribution in [3.63, 3.8) is 0 Å². The molecule has 1 heterocycles. The lowest BCUT2D eigenvalue weighted by Crippen LogP contribution is -2.12. The van der Waals surface area contributed by atoms with E-state index in [0.29, 0.717) is 18.0 Å². The number of halogens is 1. The summed E-state index contributed by atoms with van der Waals surface area (Å²) in [7, 11) is 0. The fourth-order valence-electron chi connectivity index (χ4n) is 4.74. The highest BCUT2D eigenvalue weighted by Gasteiger charge is 2.09. The van der Waals surface area contributed by atoms with Crippen molar-refractivity contribution in [2.24, 2.45) is 0 Å². The zero-order chi connectivity index (χ0) is 28.3. The summed E-state index contributed by atoms with van der Waals surface area (Å²) in [4.78, 5) is 9.14. The number of unbranched alkanes of at least 4 members (excludes halogenated alkanes) is 11. The van der Waals surface area contributed by atoms with Crippen molar-refractivity contribution in [3.05, 3.63) is 60.9 Å². The maximum Gasteiger partial charge on any atom is 0.159 e. The Hall–Kier alpha value is -2.95. The first-order valence-corrected chi connectivity index (χ1v) is 15.6. The van der Waals surface area contributed by atoms with Crippen LogP contribution in [0.1, 0.15) is 104 Å². The van der Waals surface area contributed by atoms with Gasteiger partial charge in [0.2, 0.25) is 0 Å². The van der Waals surface area contributed by atoms with E-state index in [1.807, 2.05) is 60.9 Å². The van der Waals surface area contributed by atoms with E-state index in [9.17, 15) is 4.39 Å². The van der Waals surface area contributed by atoms with Crippen molar-refractivity contribution in [1.82, 2.24) is 9.97 Å². The van der Waals surface area contributed by atoms with Crippen LogP contribution in [-0.4, -0.2) is 29.4 Å². The van der Waals surface area contributed by atoms with Gasteiger partial charge in [0.05, 0.1) is 6.61 Å². The Labute approximate surface area is 241 Å². The monoisotopic (exact) mass is 548 g/mol. The van der Waals surface area contributed by atoms with Crippen molar-refractivity contribution in [2.45, 2.75) is 110 Å². The standard InChI is InChI=1S/C35H49FN2O2/c1-3-5-7-9-11-12-14-16-32(36)28-40-34-21-17-29(18-22-34)31-26-37-35(38-27-31)30-19-23-33(24-20-30)39-25-15-13-10-8-6-4-2/h17-24,26-27,32H,3-16,25,28H2,1-2H3. The van der Waals surface area contributed by atoms with Crippen molar-refractivity contribution in [3.8, 4) is 34.0 Å². The molecule has 0 fully saturated rings. The van der Waals surface area contributed by atoms with Crippen LogP contribution < -0.4 is 9.47 Å². The van der Waals surface area contributed by atoms with Crippen LogP contribution in [0.4, 0.5) is 4.39 Å². The minimum absolute atomic E-state index is 0.107. The van der Waals surface area contributed by atoms with Crippen LogP contribution in [0.15, 0.2) is 60.9 Å². The predicted molar refractivity (Wildman–Crippen MR) is 165 cm³/mol. The van der Waals surface area contributed by atoms with Gasteiger partial charge in [-0.1, -0.05) is 103 Å². The summed E-state index contributed by atoms with van der Waals surface area (Å²) in [6.45, 7) is 5.33. The number of benzene rings is 2. The second-order valence-electron chi connectivity index (χ2n) is 10.8. The molecule has 4 nitrogen and oxygen atoms in total. The van der Waals surface area contributed by atoms with Gasteiger partial charge >= 0.3 is 0 Å². The Bertz CT molecular complexity index is 1040. The van der Waals surface area contributed by atoms with Crippen molar-refractivity contribution in [2.75, 3.05) is 13.2 Å². The number of nitrogens with zero attached hydrogens (tertiary/aromatic N) is 2. The van der Waals surface area contributed by atoms with Gasteiger partial charge in [-0.15, -0.1) is 0 Å². The molecular formula is C35H49FN2O2.